The number of hydrogen-bond donors (Lipinski definition) is 1. The van der Waals surface area contributed by atoms with E-state index in [0.717, 1.165) is 5.56 Å². The Labute approximate surface area is 102 Å². The van der Waals surface area contributed by atoms with Crippen molar-refractivity contribution in [3.63, 3.8) is 0 Å². The maximum atomic E-state index is 11.6. The lowest BCUT2D eigenvalue weighted by molar-refractivity contribution is 0.579. The molecule has 5 nitrogen and oxygen atoms in total. The van der Waals surface area contributed by atoms with Crippen molar-refractivity contribution >= 4 is 10.0 Å². The molecule has 1 aromatic rings. The number of aromatic nitrogens is 1. The highest BCUT2D eigenvalue weighted by Crippen LogP contribution is 2.00. The monoisotopic (exact) mass is 253 g/mol. The van der Waals surface area contributed by atoms with Gasteiger partial charge in [0.2, 0.25) is 10.0 Å². The molecule has 0 bridgehead atoms. The Kier molecular flexibility index (Phi) is 5.60. The quantitative estimate of drug-likeness (QED) is 0.730. The molecule has 0 spiro atoms. The molecular formula is C11H15N3O2S. The smallest absolute Gasteiger partial charge is 0.211 e. The topological polar surface area (TPSA) is 82.9 Å². The number of rotatable bonds is 7. The standard InChI is InChI=1S/C11H15N3O2S/c12-6-1-2-7-14-17(15,16)10-5-11-3-8-13-9-4-11/h3-4,8-9,14H,1-2,5,7,10H2. The third-order valence-electron chi connectivity index (χ3n) is 2.20. The maximum Gasteiger partial charge on any atom is 0.211 e. The largest absolute Gasteiger partial charge is 0.265 e. The van der Waals surface area contributed by atoms with E-state index in [0.29, 0.717) is 25.8 Å². The van der Waals surface area contributed by atoms with Crippen molar-refractivity contribution in [3.8, 4) is 6.07 Å². The van der Waals surface area contributed by atoms with Crippen molar-refractivity contribution in [3.05, 3.63) is 30.1 Å². The van der Waals surface area contributed by atoms with Crippen LogP contribution >= 0.6 is 0 Å². The van der Waals surface area contributed by atoms with Gasteiger partial charge in [0.1, 0.15) is 0 Å². The first-order chi connectivity index (χ1) is 8.14. The minimum absolute atomic E-state index is 0.0591. The van der Waals surface area contributed by atoms with Crippen molar-refractivity contribution in [2.45, 2.75) is 19.3 Å². The number of nitrogens with one attached hydrogen (secondary N) is 1. The Morgan fingerprint density at radius 2 is 2.06 bits per heavy atom. The molecule has 1 aromatic heterocycles. The minimum atomic E-state index is -3.24. The van der Waals surface area contributed by atoms with E-state index in [9.17, 15) is 8.42 Å². The molecule has 0 unspecified atom stereocenters. The zero-order valence-electron chi connectivity index (χ0n) is 9.46. The zero-order chi connectivity index (χ0) is 12.6. The van der Waals surface area contributed by atoms with Gasteiger partial charge in [-0.25, -0.2) is 13.1 Å². The predicted molar refractivity (Wildman–Crippen MR) is 64.6 cm³/mol. The van der Waals surface area contributed by atoms with Crippen molar-refractivity contribution in [1.82, 2.24) is 9.71 Å². The molecule has 0 saturated carbocycles. The SMILES string of the molecule is N#CCCCNS(=O)(=O)CCc1ccncc1. The first-order valence-electron chi connectivity index (χ1n) is 5.37. The Morgan fingerprint density at radius 1 is 1.35 bits per heavy atom. The molecule has 6 heteroatoms. The first-order valence-corrected chi connectivity index (χ1v) is 7.02. The highest BCUT2D eigenvalue weighted by molar-refractivity contribution is 7.89. The molecule has 0 atom stereocenters. The van der Waals surface area contributed by atoms with Crippen molar-refractivity contribution in [2.75, 3.05) is 12.3 Å². The van der Waals surface area contributed by atoms with E-state index in [1.165, 1.54) is 0 Å². The summed E-state index contributed by atoms with van der Waals surface area (Å²) in [4.78, 5) is 3.86. The fourth-order valence-electron chi connectivity index (χ4n) is 1.27. The fourth-order valence-corrected chi connectivity index (χ4v) is 2.37. The number of hydrogen-bond acceptors (Lipinski definition) is 4. The summed E-state index contributed by atoms with van der Waals surface area (Å²) in [7, 11) is -3.24. The van der Waals surface area contributed by atoms with Crippen LogP contribution in [0.3, 0.4) is 0 Å². The molecule has 1 rings (SSSR count). The number of nitrogens with zero attached hydrogens (tertiary/aromatic N) is 2. The fraction of sp³-hybridized carbons (Fsp3) is 0.455. The van der Waals surface area contributed by atoms with Crippen molar-refractivity contribution in [1.29, 1.82) is 5.26 Å². The van der Waals surface area contributed by atoms with E-state index >= 15 is 0 Å². The molecule has 0 aliphatic rings. The van der Waals surface area contributed by atoms with E-state index in [-0.39, 0.29) is 5.75 Å². The van der Waals surface area contributed by atoms with Gasteiger partial charge in [-0.2, -0.15) is 5.26 Å². The van der Waals surface area contributed by atoms with Crippen LogP contribution in [-0.2, 0) is 16.4 Å². The Morgan fingerprint density at radius 3 is 2.71 bits per heavy atom. The molecule has 17 heavy (non-hydrogen) atoms. The second-order valence-electron chi connectivity index (χ2n) is 3.58. The Hall–Kier alpha value is -1.45. The van der Waals surface area contributed by atoms with Gasteiger partial charge < -0.3 is 0 Å². The second-order valence-corrected chi connectivity index (χ2v) is 5.51. The van der Waals surface area contributed by atoms with Crippen molar-refractivity contribution < 1.29 is 8.42 Å². The Balaban J connectivity index is 2.33. The number of aryl methyl sites for hydroxylation is 1. The lowest BCUT2D eigenvalue weighted by Gasteiger charge is -2.05. The van der Waals surface area contributed by atoms with Gasteiger partial charge in [0.15, 0.2) is 0 Å². The van der Waals surface area contributed by atoms with Gasteiger partial charge in [0.05, 0.1) is 11.8 Å². The molecule has 0 radical (unpaired) electrons. The molecule has 0 fully saturated rings. The molecule has 0 aliphatic heterocycles. The number of unbranched alkanes of at least 4 members (excludes halogenated alkanes) is 1. The van der Waals surface area contributed by atoms with Gasteiger partial charge in [-0.1, -0.05) is 0 Å². The lowest BCUT2D eigenvalue weighted by atomic mass is 10.2. The summed E-state index contributed by atoms with van der Waals surface area (Å²) in [6.45, 7) is 0.326. The summed E-state index contributed by atoms with van der Waals surface area (Å²) in [6, 6.07) is 5.56. The van der Waals surface area contributed by atoms with E-state index in [2.05, 4.69) is 9.71 Å². The van der Waals surface area contributed by atoms with Crippen LogP contribution in [0.15, 0.2) is 24.5 Å². The third kappa shape index (κ3) is 6.00. The summed E-state index contributed by atoms with van der Waals surface area (Å²) < 4.78 is 25.6. The lowest BCUT2D eigenvalue weighted by Crippen LogP contribution is -2.28. The summed E-state index contributed by atoms with van der Waals surface area (Å²) >= 11 is 0. The van der Waals surface area contributed by atoms with Crippen LogP contribution in [0.1, 0.15) is 18.4 Å². The highest BCUT2D eigenvalue weighted by atomic mass is 32.2. The van der Waals surface area contributed by atoms with Gasteiger partial charge in [0, 0.05) is 25.4 Å². The highest BCUT2D eigenvalue weighted by Gasteiger charge is 2.09. The molecule has 1 heterocycles. The summed E-state index contributed by atoms with van der Waals surface area (Å²) in [5.41, 5.74) is 0.947. The zero-order valence-corrected chi connectivity index (χ0v) is 10.3. The second kappa shape index (κ2) is 6.99. The minimum Gasteiger partial charge on any atom is -0.265 e. The van der Waals surface area contributed by atoms with E-state index in [1.54, 1.807) is 24.5 Å². The van der Waals surface area contributed by atoms with Gasteiger partial charge in [0.25, 0.3) is 0 Å². The van der Waals surface area contributed by atoms with Gasteiger partial charge in [-0.05, 0) is 30.5 Å². The average molecular weight is 253 g/mol. The van der Waals surface area contributed by atoms with Crippen LogP contribution in [0.25, 0.3) is 0 Å². The van der Waals surface area contributed by atoms with Crippen LogP contribution < -0.4 is 4.72 Å². The van der Waals surface area contributed by atoms with Crippen LogP contribution in [-0.4, -0.2) is 25.7 Å². The summed E-state index contributed by atoms with van der Waals surface area (Å²) in [5.74, 6) is 0.0591. The normalized spacial score (nSPS) is 11.0. The first kappa shape index (κ1) is 13.6. The van der Waals surface area contributed by atoms with E-state index in [4.69, 9.17) is 5.26 Å². The number of nitriles is 1. The third-order valence-corrected chi connectivity index (χ3v) is 3.58. The van der Waals surface area contributed by atoms with Crippen LogP contribution in [0, 0.1) is 11.3 Å². The molecule has 0 aliphatic carbocycles. The van der Waals surface area contributed by atoms with E-state index in [1.807, 2.05) is 6.07 Å². The van der Waals surface area contributed by atoms with Gasteiger partial charge in [-0.3, -0.25) is 4.98 Å². The maximum absolute atomic E-state index is 11.6. The molecule has 92 valence electrons. The summed E-state index contributed by atoms with van der Waals surface area (Å²) in [6.07, 6.45) is 4.67. The average Bonchev–Trinajstić information content (AvgIpc) is 2.34. The number of sulfonamides is 1. The van der Waals surface area contributed by atoms with E-state index < -0.39 is 10.0 Å². The predicted octanol–water partition coefficient (Wildman–Crippen LogP) is 0.847. The molecule has 0 saturated heterocycles. The van der Waals surface area contributed by atoms with Crippen LogP contribution in [0.4, 0.5) is 0 Å². The van der Waals surface area contributed by atoms with Crippen molar-refractivity contribution in [2.24, 2.45) is 0 Å². The molecule has 0 amide bonds. The Bertz CT molecular complexity index is 465. The van der Waals surface area contributed by atoms with Crippen LogP contribution in [0.5, 0.6) is 0 Å². The van der Waals surface area contributed by atoms with Gasteiger partial charge >= 0.3 is 0 Å². The number of pyridine rings is 1. The molecular weight excluding hydrogens is 238 g/mol. The van der Waals surface area contributed by atoms with Crippen LogP contribution in [0.2, 0.25) is 0 Å². The molecule has 1 N–H and O–H groups in total. The molecule has 0 aromatic carbocycles. The summed E-state index contributed by atoms with van der Waals surface area (Å²) in [5, 5.41) is 8.31. The van der Waals surface area contributed by atoms with Gasteiger partial charge in [-0.15, -0.1) is 0 Å².